The predicted molar refractivity (Wildman–Crippen MR) is 69.9 cm³/mol. The van der Waals surface area contributed by atoms with Crippen molar-refractivity contribution >= 4 is 11.9 Å². The molecule has 14 nitrogen and oxygen atoms in total. The largest absolute Gasteiger partial charge is 0.477 e. The van der Waals surface area contributed by atoms with Crippen LogP contribution in [0.25, 0.3) is 0 Å². The quantitative estimate of drug-likeness (QED) is 0.315. The molecule has 0 aliphatic carbocycles. The second kappa shape index (κ2) is 18.3. The molecule has 0 saturated carbocycles. The molecule has 0 radical (unpaired) electrons. The van der Waals surface area contributed by atoms with Crippen molar-refractivity contribution in [2.24, 2.45) is 0 Å². The van der Waals surface area contributed by atoms with Crippen LogP contribution in [0.1, 0.15) is 26.7 Å². The first-order valence-corrected chi connectivity index (χ1v) is 5.58. The van der Waals surface area contributed by atoms with Crippen LogP contribution in [0.3, 0.4) is 0 Å². The Hall–Kier alpha value is -2.74. The van der Waals surface area contributed by atoms with Gasteiger partial charge in [-0.2, -0.15) is 0 Å². The lowest BCUT2D eigenvalue weighted by Crippen LogP contribution is -2.64. The molecule has 0 aliphatic rings. The van der Waals surface area contributed by atoms with Gasteiger partial charge in [-0.05, 0) is 0 Å². The summed E-state index contributed by atoms with van der Waals surface area (Å²) in [5, 5.41) is 45.7. The van der Waals surface area contributed by atoms with Gasteiger partial charge in [-0.1, -0.05) is 13.8 Å². The maximum Gasteiger partial charge on any atom is 0.362 e. The molecule has 8 N–H and O–H groups in total. The van der Waals surface area contributed by atoms with Crippen LogP contribution in [0.4, 0.5) is 0 Å². The summed E-state index contributed by atoms with van der Waals surface area (Å²) in [6.45, 7) is 3.59. The molecule has 0 saturated heterocycles. The van der Waals surface area contributed by atoms with Crippen molar-refractivity contribution in [2.75, 3.05) is 0 Å². The predicted octanol–water partition coefficient (Wildman–Crippen LogP) is -2.30. The molecule has 0 aliphatic heterocycles. The number of carboxylic acids is 2. The van der Waals surface area contributed by atoms with Gasteiger partial charge in [0.05, 0.1) is 10.2 Å². The van der Waals surface area contributed by atoms with Crippen molar-refractivity contribution in [1.82, 2.24) is 0 Å². The zero-order valence-electron chi connectivity index (χ0n) is 12.0. The van der Waals surface area contributed by atoms with Crippen LogP contribution in [0.2, 0.25) is 0 Å². The number of nitrogens with zero attached hydrogens (tertiary/aromatic N) is 2. The van der Waals surface area contributed by atoms with E-state index in [9.17, 15) is 9.59 Å². The van der Waals surface area contributed by atoms with E-state index in [2.05, 4.69) is 11.5 Å². The number of hydrogen-bond acceptors (Lipinski definition) is 8. The van der Waals surface area contributed by atoms with E-state index in [-0.39, 0.29) is 0 Å². The number of rotatable bonds is 4. The van der Waals surface area contributed by atoms with E-state index in [1.165, 1.54) is 0 Å². The van der Waals surface area contributed by atoms with E-state index in [0.29, 0.717) is 12.8 Å². The van der Waals surface area contributed by atoms with Crippen molar-refractivity contribution in [3.05, 3.63) is 30.6 Å². The highest BCUT2D eigenvalue weighted by Gasteiger charge is 2.10. The summed E-state index contributed by atoms with van der Waals surface area (Å²) in [6.07, 6.45) is 1.21. The molecule has 14 heteroatoms. The van der Waals surface area contributed by atoms with E-state index < -0.39 is 34.2 Å². The Labute approximate surface area is 124 Å². The maximum atomic E-state index is 9.87. The molecular formula is C8H20N4O10. The standard InChI is InChI=1S/2C4H9NO2.2NO3/c2*1-2-3(5)4(6)7;2*2-1(3)4/h2*3H,2,5H2,1H3,(H,6,7);;/q;;2*-1/p+2/t2*3-;;/m00../s1. The molecule has 0 spiro atoms. The average molecular weight is 332 g/mol. The summed E-state index contributed by atoms with van der Waals surface area (Å²) in [5.41, 5.74) is 6.71. The average Bonchev–Trinajstić information content (AvgIpc) is 2.35. The fourth-order valence-corrected chi connectivity index (χ4v) is 0.349. The second-order valence-electron chi connectivity index (χ2n) is 3.33. The van der Waals surface area contributed by atoms with Crippen LogP contribution in [-0.4, -0.2) is 44.4 Å². The minimum absolute atomic E-state index is 0.431. The molecule has 0 fully saturated rings. The molecule has 0 bridgehead atoms. The highest BCUT2D eigenvalue weighted by Crippen LogP contribution is 1.79. The van der Waals surface area contributed by atoms with Crippen molar-refractivity contribution in [2.45, 2.75) is 38.8 Å². The highest BCUT2D eigenvalue weighted by molar-refractivity contribution is 5.71. The molecule has 0 aromatic carbocycles. The first-order chi connectivity index (χ1) is 9.83. The Bertz CT molecular complexity index is 297. The normalized spacial score (nSPS) is 10.7. The molecule has 22 heavy (non-hydrogen) atoms. The van der Waals surface area contributed by atoms with Crippen LogP contribution in [-0.2, 0) is 9.59 Å². The van der Waals surface area contributed by atoms with Crippen molar-refractivity contribution in [3.8, 4) is 0 Å². The molecular weight excluding hydrogens is 312 g/mol. The molecule has 0 aromatic heterocycles. The van der Waals surface area contributed by atoms with Gasteiger partial charge in [0.25, 0.3) is 0 Å². The van der Waals surface area contributed by atoms with Gasteiger partial charge in [-0.3, -0.25) is 0 Å². The molecule has 0 amide bonds. The lowest BCUT2D eigenvalue weighted by atomic mass is 10.2. The van der Waals surface area contributed by atoms with Gasteiger partial charge < -0.3 is 52.3 Å². The number of carbonyl (C=O) groups is 2. The Kier molecular flexibility index (Phi) is 22.9. The Morgan fingerprint density at radius 1 is 0.864 bits per heavy atom. The highest BCUT2D eigenvalue weighted by atomic mass is 16.9. The fourth-order valence-electron chi connectivity index (χ4n) is 0.349. The van der Waals surface area contributed by atoms with E-state index in [4.69, 9.17) is 40.9 Å². The zero-order valence-corrected chi connectivity index (χ0v) is 12.0. The molecule has 2 atom stereocenters. The Morgan fingerprint density at radius 3 is 1.00 bits per heavy atom. The summed E-state index contributed by atoms with van der Waals surface area (Å²) in [4.78, 5) is 36.2. The molecule has 0 heterocycles. The SMILES string of the molecule is CC[C@H]([NH3+])C(=O)O.CC[C@H]([NH3+])C(=O)O.O=[N+]([O-])[O-].O=[N+]([O-])[O-]. The van der Waals surface area contributed by atoms with Crippen LogP contribution in [0.15, 0.2) is 0 Å². The Balaban J connectivity index is -0.000000102. The van der Waals surface area contributed by atoms with E-state index in [1.807, 2.05) is 0 Å². The van der Waals surface area contributed by atoms with Gasteiger partial charge in [-0.25, -0.2) is 9.59 Å². The Morgan fingerprint density at radius 2 is 1.00 bits per heavy atom. The molecule has 0 unspecified atom stereocenters. The lowest BCUT2D eigenvalue weighted by molar-refractivity contribution is -0.408. The third-order valence-electron chi connectivity index (χ3n) is 1.68. The van der Waals surface area contributed by atoms with Gasteiger partial charge in [0.2, 0.25) is 0 Å². The zero-order chi connectivity index (χ0) is 18.9. The van der Waals surface area contributed by atoms with Gasteiger partial charge in [0.1, 0.15) is 0 Å². The van der Waals surface area contributed by atoms with E-state index >= 15 is 0 Å². The van der Waals surface area contributed by atoms with Crippen molar-refractivity contribution in [1.29, 1.82) is 0 Å². The van der Waals surface area contributed by atoms with Gasteiger partial charge in [0, 0.05) is 12.8 Å². The third kappa shape index (κ3) is 53.2. The summed E-state index contributed by atoms with van der Waals surface area (Å²) >= 11 is 0. The lowest BCUT2D eigenvalue weighted by Gasteiger charge is -1.93. The number of quaternary nitrogens is 2. The van der Waals surface area contributed by atoms with Gasteiger partial charge in [0.15, 0.2) is 12.1 Å². The summed E-state index contributed by atoms with van der Waals surface area (Å²) in [5.74, 6) is -1.63. The van der Waals surface area contributed by atoms with Gasteiger partial charge >= 0.3 is 11.9 Å². The molecule has 0 rings (SSSR count). The first-order valence-electron chi connectivity index (χ1n) is 5.58. The van der Waals surface area contributed by atoms with Crippen LogP contribution in [0.5, 0.6) is 0 Å². The van der Waals surface area contributed by atoms with Crippen molar-refractivity contribution < 1.29 is 41.4 Å². The minimum atomic E-state index is -1.75. The van der Waals surface area contributed by atoms with Gasteiger partial charge in [-0.15, -0.1) is 0 Å². The molecule has 0 aromatic rings. The van der Waals surface area contributed by atoms with Crippen LogP contribution in [0, 0.1) is 30.6 Å². The summed E-state index contributed by atoms with van der Waals surface area (Å²) in [6, 6.07) is -0.861. The third-order valence-corrected chi connectivity index (χ3v) is 1.68. The smallest absolute Gasteiger partial charge is 0.362 e. The number of hydrogen-bond donors (Lipinski definition) is 4. The number of carboxylic acid groups (broad SMARTS) is 2. The topological polar surface area (TPSA) is 262 Å². The monoisotopic (exact) mass is 332 g/mol. The van der Waals surface area contributed by atoms with E-state index in [1.54, 1.807) is 13.8 Å². The summed E-state index contributed by atoms with van der Waals surface area (Å²) < 4.78 is 0. The van der Waals surface area contributed by atoms with Crippen molar-refractivity contribution in [3.63, 3.8) is 0 Å². The second-order valence-corrected chi connectivity index (χ2v) is 3.33. The number of aliphatic carboxylic acids is 2. The fraction of sp³-hybridized carbons (Fsp3) is 0.750. The molecule has 132 valence electrons. The summed E-state index contributed by atoms with van der Waals surface area (Å²) in [7, 11) is 0. The van der Waals surface area contributed by atoms with Crippen LogP contribution < -0.4 is 11.5 Å². The first kappa shape index (κ1) is 27.6. The van der Waals surface area contributed by atoms with Crippen LogP contribution >= 0.6 is 0 Å². The maximum absolute atomic E-state index is 9.87. The minimum Gasteiger partial charge on any atom is -0.477 e. The van der Waals surface area contributed by atoms with E-state index in [0.717, 1.165) is 0 Å².